The second-order valence-electron chi connectivity index (χ2n) is 6.20. The number of carbonyl (C=O) groups is 1. The van der Waals surface area contributed by atoms with Gasteiger partial charge in [0.25, 0.3) is 5.91 Å². The molecule has 7 nitrogen and oxygen atoms in total. The second-order valence-corrected chi connectivity index (χ2v) is 7.00. The van der Waals surface area contributed by atoms with Crippen LogP contribution in [0.4, 0.5) is 16.4 Å². The SMILES string of the molecule is Cc1cc(Nc2cc(N[C@H]3CC[C@H](N)CC3)cnc2C(N)=O)sn1. The predicted molar refractivity (Wildman–Crippen MR) is 96.7 cm³/mol. The Morgan fingerprint density at radius 2 is 2.04 bits per heavy atom. The van der Waals surface area contributed by atoms with E-state index in [-0.39, 0.29) is 5.69 Å². The molecular weight excluding hydrogens is 324 g/mol. The van der Waals surface area contributed by atoms with Gasteiger partial charge in [0.15, 0.2) is 5.69 Å². The summed E-state index contributed by atoms with van der Waals surface area (Å²) in [6.07, 6.45) is 5.77. The topological polar surface area (TPSA) is 119 Å². The van der Waals surface area contributed by atoms with Crippen LogP contribution in [0.25, 0.3) is 0 Å². The van der Waals surface area contributed by atoms with Crippen molar-refractivity contribution in [2.24, 2.45) is 11.5 Å². The normalized spacial score (nSPS) is 20.6. The first kappa shape index (κ1) is 16.7. The van der Waals surface area contributed by atoms with Crippen molar-refractivity contribution in [3.8, 4) is 0 Å². The van der Waals surface area contributed by atoms with Crippen LogP contribution in [0.5, 0.6) is 0 Å². The van der Waals surface area contributed by atoms with Crippen molar-refractivity contribution in [1.82, 2.24) is 9.36 Å². The number of hydrogen-bond donors (Lipinski definition) is 4. The van der Waals surface area contributed by atoms with E-state index in [1.165, 1.54) is 11.5 Å². The average Bonchev–Trinajstić information content (AvgIpc) is 2.94. The lowest BCUT2D eigenvalue weighted by molar-refractivity contribution is 0.0996. The third kappa shape index (κ3) is 4.01. The summed E-state index contributed by atoms with van der Waals surface area (Å²) >= 11 is 1.33. The van der Waals surface area contributed by atoms with Crippen LogP contribution >= 0.6 is 11.5 Å². The maximum Gasteiger partial charge on any atom is 0.269 e. The molecule has 2 aromatic heterocycles. The van der Waals surface area contributed by atoms with Crippen LogP contribution in [0.1, 0.15) is 41.9 Å². The Hall–Kier alpha value is -2.19. The Labute approximate surface area is 145 Å². The van der Waals surface area contributed by atoms with Crippen molar-refractivity contribution >= 4 is 33.8 Å². The van der Waals surface area contributed by atoms with Crippen LogP contribution < -0.4 is 22.1 Å². The van der Waals surface area contributed by atoms with Crippen LogP contribution in [-0.2, 0) is 0 Å². The minimum atomic E-state index is -0.561. The maximum atomic E-state index is 11.6. The van der Waals surface area contributed by atoms with E-state index < -0.39 is 5.91 Å². The van der Waals surface area contributed by atoms with Gasteiger partial charge in [-0.15, -0.1) is 0 Å². The van der Waals surface area contributed by atoms with E-state index in [4.69, 9.17) is 11.5 Å². The molecule has 0 aliphatic heterocycles. The molecule has 0 saturated heterocycles. The summed E-state index contributed by atoms with van der Waals surface area (Å²) in [5.74, 6) is -0.561. The molecule has 8 heteroatoms. The Bertz CT molecular complexity index is 723. The Kier molecular flexibility index (Phi) is 4.96. The zero-order chi connectivity index (χ0) is 17.1. The number of hydrogen-bond acceptors (Lipinski definition) is 7. The number of amides is 1. The molecule has 0 atom stereocenters. The lowest BCUT2D eigenvalue weighted by Crippen LogP contribution is -2.32. The maximum absolute atomic E-state index is 11.6. The van der Waals surface area contributed by atoms with Gasteiger partial charge in [-0.25, -0.2) is 4.98 Å². The summed E-state index contributed by atoms with van der Waals surface area (Å²) < 4.78 is 4.23. The summed E-state index contributed by atoms with van der Waals surface area (Å²) in [4.78, 5) is 15.8. The fourth-order valence-electron chi connectivity index (χ4n) is 2.89. The van der Waals surface area contributed by atoms with Crippen molar-refractivity contribution in [2.75, 3.05) is 10.6 Å². The number of pyridine rings is 1. The van der Waals surface area contributed by atoms with Crippen LogP contribution in [0.2, 0.25) is 0 Å². The zero-order valence-electron chi connectivity index (χ0n) is 13.6. The molecule has 2 aromatic rings. The molecular formula is C16H22N6OS. The Morgan fingerprint density at radius 1 is 1.29 bits per heavy atom. The summed E-state index contributed by atoms with van der Waals surface area (Å²) in [6.45, 7) is 1.92. The van der Waals surface area contributed by atoms with Crippen molar-refractivity contribution in [3.05, 3.63) is 29.7 Å². The third-order valence-corrected chi connectivity index (χ3v) is 4.95. The quantitative estimate of drug-likeness (QED) is 0.660. The zero-order valence-corrected chi connectivity index (χ0v) is 14.4. The van der Waals surface area contributed by atoms with E-state index in [1.807, 2.05) is 19.1 Å². The van der Waals surface area contributed by atoms with Gasteiger partial charge in [-0.05, 0) is 56.3 Å². The highest BCUT2D eigenvalue weighted by molar-refractivity contribution is 7.10. The third-order valence-electron chi connectivity index (χ3n) is 4.15. The summed E-state index contributed by atoms with van der Waals surface area (Å²) in [6, 6.07) is 4.48. The molecule has 0 spiro atoms. The van der Waals surface area contributed by atoms with Gasteiger partial charge in [0.2, 0.25) is 0 Å². The van der Waals surface area contributed by atoms with Crippen LogP contribution in [-0.4, -0.2) is 27.3 Å². The molecule has 0 radical (unpaired) electrons. The van der Waals surface area contributed by atoms with Gasteiger partial charge in [-0.2, -0.15) is 4.37 Å². The molecule has 1 saturated carbocycles. The first-order valence-corrected chi connectivity index (χ1v) is 8.81. The van der Waals surface area contributed by atoms with Crippen LogP contribution in [0.15, 0.2) is 18.3 Å². The van der Waals surface area contributed by atoms with Crippen LogP contribution in [0, 0.1) is 6.92 Å². The fraction of sp³-hybridized carbons (Fsp3) is 0.438. The molecule has 1 amide bonds. The summed E-state index contributed by atoms with van der Waals surface area (Å²) in [7, 11) is 0. The number of rotatable bonds is 5. The largest absolute Gasteiger partial charge is 0.381 e. The Morgan fingerprint density at radius 3 is 2.67 bits per heavy atom. The molecule has 1 fully saturated rings. The highest BCUT2D eigenvalue weighted by Crippen LogP contribution is 2.27. The number of aryl methyl sites for hydroxylation is 1. The van der Waals surface area contributed by atoms with Gasteiger partial charge < -0.3 is 22.1 Å². The molecule has 0 bridgehead atoms. The molecule has 0 unspecified atom stereocenters. The molecule has 2 heterocycles. The standard InChI is InChI=1S/C16H22N6OS/c1-9-6-14(24-22-9)21-13-7-12(8-19-15(13)16(18)23)20-11-4-2-10(17)3-5-11/h6-8,10-11,20-21H,2-5,17H2,1H3,(H2,18,23)/t10-,11-. The molecule has 128 valence electrons. The molecule has 3 rings (SSSR count). The lowest BCUT2D eigenvalue weighted by atomic mass is 9.92. The van der Waals surface area contributed by atoms with Crippen LogP contribution in [0.3, 0.4) is 0 Å². The first-order valence-electron chi connectivity index (χ1n) is 8.03. The number of aromatic nitrogens is 2. The minimum Gasteiger partial charge on any atom is -0.381 e. The smallest absolute Gasteiger partial charge is 0.269 e. The van der Waals surface area contributed by atoms with Gasteiger partial charge in [0.1, 0.15) is 5.00 Å². The van der Waals surface area contributed by atoms with E-state index in [0.717, 1.165) is 42.1 Å². The highest BCUT2D eigenvalue weighted by Gasteiger charge is 2.19. The molecule has 0 aromatic carbocycles. The van der Waals surface area contributed by atoms with Crippen molar-refractivity contribution in [1.29, 1.82) is 0 Å². The number of nitrogens with zero attached hydrogens (tertiary/aromatic N) is 2. The van der Waals surface area contributed by atoms with Gasteiger partial charge >= 0.3 is 0 Å². The fourth-order valence-corrected chi connectivity index (χ4v) is 3.56. The van der Waals surface area contributed by atoms with Gasteiger partial charge in [0.05, 0.1) is 23.3 Å². The van der Waals surface area contributed by atoms with Gasteiger partial charge in [0, 0.05) is 12.1 Å². The van der Waals surface area contributed by atoms with E-state index in [0.29, 0.717) is 17.8 Å². The number of primary amides is 1. The van der Waals surface area contributed by atoms with E-state index in [1.54, 1.807) is 6.20 Å². The highest BCUT2D eigenvalue weighted by atomic mass is 32.1. The summed E-state index contributed by atoms with van der Waals surface area (Å²) in [5, 5.41) is 7.51. The second kappa shape index (κ2) is 7.14. The Balaban J connectivity index is 1.78. The lowest BCUT2D eigenvalue weighted by Gasteiger charge is -2.27. The monoisotopic (exact) mass is 346 g/mol. The number of carbonyl (C=O) groups excluding carboxylic acids is 1. The van der Waals surface area contributed by atoms with E-state index in [2.05, 4.69) is 20.0 Å². The van der Waals surface area contributed by atoms with E-state index in [9.17, 15) is 4.79 Å². The summed E-state index contributed by atoms with van der Waals surface area (Å²) in [5.41, 5.74) is 14.0. The minimum absolute atomic E-state index is 0.220. The molecule has 24 heavy (non-hydrogen) atoms. The number of anilines is 3. The van der Waals surface area contributed by atoms with Gasteiger partial charge in [-0.3, -0.25) is 4.79 Å². The molecule has 6 N–H and O–H groups in total. The number of nitrogens with two attached hydrogens (primary N) is 2. The average molecular weight is 346 g/mol. The van der Waals surface area contributed by atoms with Crippen molar-refractivity contribution in [3.63, 3.8) is 0 Å². The predicted octanol–water partition coefficient (Wildman–Crippen LogP) is 2.37. The number of nitrogens with one attached hydrogen (secondary N) is 2. The molecule has 1 aliphatic carbocycles. The van der Waals surface area contributed by atoms with E-state index >= 15 is 0 Å². The van der Waals surface area contributed by atoms with Crippen molar-refractivity contribution < 1.29 is 4.79 Å². The first-order chi connectivity index (χ1) is 11.5. The molecule has 1 aliphatic rings. The van der Waals surface area contributed by atoms with Gasteiger partial charge in [-0.1, -0.05) is 0 Å². The van der Waals surface area contributed by atoms with Crippen molar-refractivity contribution in [2.45, 2.75) is 44.7 Å².